The van der Waals surface area contributed by atoms with E-state index in [1.807, 2.05) is 6.92 Å². The zero-order valence-electron chi connectivity index (χ0n) is 9.96. The number of sulfonamides is 1. The summed E-state index contributed by atoms with van der Waals surface area (Å²) in [6.07, 6.45) is 0. The van der Waals surface area contributed by atoms with E-state index >= 15 is 0 Å². The minimum absolute atomic E-state index is 0.0855. The van der Waals surface area contributed by atoms with Gasteiger partial charge in [-0.25, -0.2) is 13.1 Å². The highest BCUT2D eigenvalue weighted by molar-refractivity contribution is 7.89. The zero-order valence-corrected chi connectivity index (χ0v) is 10.8. The molecule has 0 saturated carbocycles. The van der Waals surface area contributed by atoms with Gasteiger partial charge in [-0.15, -0.1) is 0 Å². The minimum atomic E-state index is -3.47. The minimum Gasteiger partial charge on any atom is -0.316 e. The first-order chi connectivity index (χ1) is 7.38. The van der Waals surface area contributed by atoms with Crippen LogP contribution in [0.3, 0.4) is 0 Å². The maximum atomic E-state index is 12.0. The molecule has 0 fully saturated rings. The van der Waals surface area contributed by atoms with E-state index in [0.29, 0.717) is 17.9 Å². The topological polar surface area (TPSA) is 86.9 Å². The number of hydrogen-bond donors (Lipinski definition) is 3. The Hall–Kier alpha value is -0.920. The summed E-state index contributed by atoms with van der Waals surface area (Å²) >= 11 is 0. The van der Waals surface area contributed by atoms with Crippen LogP contribution in [0, 0.1) is 13.8 Å². The number of nitrogens with zero attached hydrogens (tertiary/aromatic N) is 1. The Morgan fingerprint density at radius 3 is 2.50 bits per heavy atom. The van der Waals surface area contributed by atoms with Crippen molar-refractivity contribution in [2.45, 2.75) is 31.7 Å². The van der Waals surface area contributed by atoms with Crippen LogP contribution in [0.2, 0.25) is 0 Å². The van der Waals surface area contributed by atoms with Crippen molar-refractivity contribution in [1.82, 2.24) is 20.2 Å². The molecule has 1 rings (SSSR count). The molecule has 92 valence electrons. The molecule has 0 aromatic carbocycles. The van der Waals surface area contributed by atoms with E-state index in [0.717, 1.165) is 0 Å². The molecule has 0 radical (unpaired) electrons. The van der Waals surface area contributed by atoms with Crippen molar-refractivity contribution in [1.29, 1.82) is 0 Å². The number of H-pyrrole nitrogens is 1. The lowest BCUT2D eigenvalue weighted by atomic mass is 10.4. The van der Waals surface area contributed by atoms with Gasteiger partial charge in [-0.1, -0.05) is 0 Å². The fraction of sp³-hybridized carbons (Fsp3) is 0.667. The molecule has 1 atom stereocenters. The summed E-state index contributed by atoms with van der Waals surface area (Å²) in [7, 11) is -1.68. The summed E-state index contributed by atoms with van der Waals surface area (Å²) in [5.74, 6) is 0. The molecule has 0 bridgehead atoms. The van der Waals surface area contributed by atoms with E-state index in [1.54, 1.807) is 20.9 Å². The molecule has 16 heavy (non-hydrogen) atoms. The van der Waals surface area contributed by atoms with Gasteiger partial charge in [0, 0.05) is 12.6 Å². The summed E-state index contributed by atoms with van der Waals surface area (Å²) in [6.45, 7) is 5.61. The number of aryl methyl sites for hydroxylation is 2. The van der Waals surface area contributed by atoms with Crippen molar-refractivity contribution in [2.24, 2.45) is 0 Å². The highest BCUT2D eigenvalue weighted by Crippen LogP contribution is 2.15. The lowest BCUT2D eigenvalue weighted by molar-refractivity contribution is 0.553. The number of aromatic amines is 1. The number of rotatable bonds is 5. The van der Waals surface area contributed by atoms with Crippen LogP contribution in [0.1, 0.15) is 18.3 Å². The van der Waals surface area contributed by atoms with Gasteiger partial charge in [0.2, 0.25) is 10.0 Å². The Balaban J connectivity index is 2.87. The summed E-state index contributed by atoms with van der Waals surface area (Å²) in [6, 6.07) is 0.0855. The van der Waals surface area contributed by atoms with Crippen molar-refractivity contribution >= 4 is 10.0 Å². The largest absolute Gasteiger partial charge is 0.316 e. The highest BCUT2D eigenvalue weighted by atomic mass is 32.2. The Kier molecular flexibility index (Phi) is 4.06. The highest BCUT2D eigenvalue weighted by Gasteiger charge is 2.22. The van der Waals surface area contributed by atoms with Crippen molar-refractivity contribution < 1.29 is 8.42 Å². The van der Waals surface area contributed by atoms with E-state index in [1.165, 1.54) is 0 Å². The molecule has 1 heterocycles. The second-order valence-corrected chi connectivity index (χ2v) is 5.51. The second-order valence-electron chi connectivity index (χ2n) is 3.80. The maximum absolute atomic E-state index is 12.0. The van der Waals surface area contributed by atoms with Gasteiger partial charge in [-0.3, -0.25) is 5.10 Å². The van der Waals surface area contributed by atoms with Crippen molar-refractivity contribution in [3.05, 3.63) is 11.4 Å². The maximum Gasteiger partial charge on any atom is 0.244 e. The van der Waals surface area contributed by atoms with Crippen LogP contribution in [-0.4, -0.2) is 38.2 Å². The van der Waals surface area contributed by atoms with Crippen LogP contribution >= 0.6 is 0 Å². The molecule has 0 saturated heterocycles. The molecule has 0 aliphatic rings. The number of nitrogens with one attached hydrogen (secondary N) is 3. The smallest absolute Gasteiger partial charge is 0.244 e. The molecule has 6 nitrogen and oxygen atoms in total. The van der Waals surface area contributed by atoms with Gasteiger partial charge in [-0.05, 0) is 27.8 Å². The third-order valence-corrected chi connectivity index (χ3v) is 4.09. The van der Waals surface area contributed by atoms with Crippen LogP contribution in [-0.2, 0) is 10.0 Å². The van der Waals surface area contributed by atoms with Crippen LogP contribution in [0.5, 0.6) is 0 Å². The third-order valence-electron chi connectivity index (χ3n) is 2.40. The van der Waals surface area contributed by atoms with Crippen molar-refractivity contribution in [2.75, 3.05) is 13.6 Å². The molecular formula is C9H18N4O2S. The first-order valence-corrected chi connectivity index (χ1v) is 6.55. The molecule has 1 aromatic heterocycles. The van der Waals surface area contributed by atoms with E-state index in [-0.39, 0.29) is 10.9 Å². The normalized spacial score (nSPS) is 14.0. The Morgan fingerprint density at radius 2 is 2.06 bits per heavy atom. The van der Waals surface area contributed by atoms with Crippen molar-refractivity contribution in [3.8, 4) is 0 Å². The summed E-state index contributed by atoms with van der Waals surface area (Å²) in [4.78, 5) is 0.246. The summed E-state index contributed by atoms with van der Waals surface area (Å²) in [5.41, 5.74) is 1.05. The Labute approximate surface area is 95.9 Å². The first-order valence-electron chi connectivity index (χ1n) is 5.07. The van der Waals surface area contributed by atoms with Crippen LogP contribution in [0.25, 0.3) is 0 Å². The summed E-state index contributed by atoms with van der Waals surface area (Å²) in [5, 5.41) is 9.49. The van der Waals surface area contributed by atoms with Gasteiger partial charge < -0.3 is 5.32 Å². The molecule has 0 spiro atoms. The molecular weight excluding hydrogens is 228 g/mol. The van der Waals surface area contributed by atoms with Crippen LogP contribution in [0.4, 0.5) is 0 Å². The molecule has 0 aliphatic heterocycles. The molecule has 0 amide bonds. The molecule has 1 unspecified atom stereocenters. The second kappa shape index (κ2) is 4.94. The van der Waals surface area contributed by atoms with E-state index in [2.05, 4.69) is 20.2 Å². The SMILES string of the molecule is CNC(C)CNS(=O)(=O)c1c(C)n[nH]c1C. The average molecular weight is 246 g/mol. The van der Waals surface area contributed by atoms with Crippen LogP contribution < -0.4 is 10.0 Å². The Bertz CT molecular complexity index is 433. The molecule has 7 heteroatoms. The van der Waals surface area contributed by atoms with E-state index in [9.17, 15) is 8.42 Å². The number of aromatic nitrogens is 2. The third kappa shape index (κ3) is 2.81. The monoisotopic (exact) mass is 246 g/mol. The fourth-order valence-electron chi connectivity index (χ4n) is 1.35. The van der Waals surface area contributed by atoms with Gasteiger partial charge in [0.25, 0.3) is 0 Å². The molecule has 3 N–H and O–H groups in total. The predicted octanol–water partition coefficient (Wildman–Crippen LogP) is -0.0873. The van der Waals surface area contributed by atoms with Gasteiger partial charge in [0.05, 0.1) is 11.4 Å². The van der Waals surface area contributed by atoms with Crippen molar-refractivity contribution in [3.63, 3.8) is 0 Å². The average Bonchev–Trinajstić information content (AvgIpc) is 2.55. The lowest BCUT2D eigenvalue weighted by Crippen LogP contribution is -2.37. The van der Waals surface area contributed by atoms with Gasteiger partial charge in [0.15, 0.2) is 0 Å². The summed E-state index contributed by atoms with van der Waals surface area (Å²) < 4.78 is 26.5. The van der Waals surface area contributed by atoms with E-state index in [4.69, 9.17) is 0 Å². The quantitative estimate of drug-likeness (QED) is 0.678. The Morgan fingerprint density at radius 1 is 1.44 bits per heavy atom. The first kappa shape index (κ1) is 13.1. The fourth-order valence-corrected chi connectivity index (χ4v) is 2.84. The number of hydrogen-bond acceptors (Lipinski definition) is 4. The molecule has 0 aliphatic carbocycles. The predicted molar refractivity (Wildman–Crippen MR) is 61.8 cm³/mol. The van der Waals surface area contributed by atoms with Gasteiger partial charge >= 0.3 is 0 Å². The molecule has 1 aromatic rings. The van der Waals surface area contributed by atoms with E-state index < -0.39 is 10.0 Å². The number of likely N-dealkylation sites (N-methyl/N-ethyl adjacent to an activating group) is 1. The van der Waals surface area contributed by atoms with Crippen LogP contribution in [0.15, 0.2) is 4.90 Å². The lowest BCUT2D eigenvalue weighted by Gasteiger charge is -2.11. The van der Waals surface area contributed by atoms with Gasteiger partial charge in [0.1, 0.15) is 4.90 Å². The standard InChI is InChI=1S/C9H18N4O2S/c1-6(10-4)5-11-16(14,15)9-7(2)12-13-8(9)3/h6,10-11H,5H2,1-4H3,(H,12,13). The van der Waals surface area contributed by atoms with Gasteiger partial charge in [-0.2, -0.15) is 5.10 Å². The zero-order chi connectivity index (χ0) is 12.3.